The van der Waals surface area contributed by atoms with Crippen molar-refractivity contribution in [3.8, 4) is 11.5 Å². The van der Waals surface area contributed by atoms with Gasteiger partial charge in [-0.25, -0.2) is 13.1 Å². The third-order valence-electron chi connectivity index (χ3n) is 3.57. The van der Waals surface area contributed by atoms with E-state index in [1.807, 2.05) is 0 Å². The Morgan fingerprint density at radius 1 is 1.29 bits per heavy atom. The Bertz CT molecular complexity index is 629. The van der Waals surface area contributed by atoms with Gasteiger partial charge in [0.15, 0.2) is 11.5 Å². The highest BCUT2D eigenvalue weighted by molar-refractivity contribution is 9.10. The van der Waals surface area contributed by atoms with Crippen LogP contribution in [0.2, 0.25) is 0 Å². The Kier molecular flexibility index (Phi) is 4.39. The van der Waals surface area contributed by atoms with Crippen molar-refractivity contribution >= 4 is 26.0 Å². The third-order valence-corrected chi connectivity index (χ3v) is 5.95. The average molecular weight is 377 g/mol. The van der Waals surface area contributed by atoms with Gasteiger partial charge in [-0.15, -0.1) is 0 Å². The van der Waals surface area contributed by atoms with Crippen LogP contribution in [0.4, 0.5) is 0 Å². The van der Waals surface area contributed by atoms with Crippen molar-refractivity contribution in [3.05, 3.63) is 16.6 Å². The van der Waals surface area contributed by atoms with Gasteiger partial charge in [0.2, 0.25) is 10.0 Å². The lowest BCUT2D eigenvalue weighted by Gasteiger charge is -2.20. The second-order valence-corrected chi connectivity index (χ2v) is 7.66. The van der Waals surface area contributed by atoms with E-state index in [4.69, 9.17) is 9.47 Å². The summed E-state index contributed by atoms with van der Waals surface area (Å²) in [5.74, 6) is 1.02. The molecule has 2 N–H and O–H groups in total. The van der Waals surface area contributed by atoms with E-state index < -0.39 is 10.0 Å². The molecule has 0 aromatic heterocycles. The summed E-state index contributed by atoms with van der Waals surface area (Å²) in [5.41, 5.74) is 0. The van der Waals surface area contributed by atoms with E-state index in [1.54, 1.807) is 6.07 Å². The smallest absolute Gasteiger partial charge is 0.241 e. The van der Waals surface area contributed by atoms with E-state index in [2.05, 4.69) is 26.0 Å². The van der Waals surface area contributed by atoms with Gasteiger partial charge in [0.1, 0.15) is 18.1 Å². The summed E-state index contributed by atoms with van der Waals surface area (Å²) in [6, 6.07) is 3.34. The molecule has 0 saturated carbocycles. The van der Waals surface area contributed by atoms with Gasteiger partial charge >= 0.3 is 0 Å². The average Bonchev–Trinajstić information content (AvgIpc) is 2.98. The summed E-state index contributed by atoms with van der Waals surface area (Å²) in [6.45, 7) is 2.23. The fraction of sp³-hybridized carbons (Fsp3) is 0.538. The van der Waals surface area contributed by atoms with Gasteiger partial charge in [-0.2, -0.15) is 0 Å². The predicted molar refractivity (Wildman–Crippen MR) is 81.3 cm³/mol. The van der Waals surface area contributed by atoms with Crippen LogP contribution in [0.1, 0.15) is 12.8 Å². The van der Waals surface area contributed by atoms with E-state index in [-0.39, 0.29) is 10.9 Å². The fourth-order valence-corrected chi connectivity index (χ4v) is 4.59. The SMILES string of the molecule is O=S(=O)(NCC1CCCN1)c1cc2c(cc1Br)OCCO2. The Labute approximate surface area is 132 Å². The lowest BCUT2D eigenvalue weighted by atomic mass is 10.2. The highest BCUT2D eigenvalue weighted by Crippen LogP contribution is 2.37. The first kappa shape index (κ1) is 15.1. The summed E-state index contributed by atoms with van der Waals surface area (Å²) in [7, 11) is -3.58. The summed E-state index contributed by atoms with van der Waals surface area (Å²) in [6.07, 6.45) is 2.07. The largest absolute Gasteiger partial charge is 0.486 e. The van der Waals surface area contributed by atoms with Crippen molar-refractivity contribution < 1.29 is 17.9 Å². The number of hydrogen-bond acceptors (Lipinski definition) is 5. The van der Waals surface area contributed by atoms with Crippen LogP contribution in [0.25, 0.3) is 0 Å². The van der Waals surface area contributed by atoms with Crippen molar-refractivity contribution in [2.75, 3.05) is 26.3 Å². The van der Waals surface area contributed by atoms with E-state index >= 15 is 0 Å². The Morgan fingerprint density at radius 3 is 2.67 bits per heavy atom. The van der Waals surface area contributed by atoms with Gasteiger partial charge in [0.25, 0.3) is 0 Å². The number of rotatable bonds is 4. The van der Waals surface area contributed by atoms with E-state index in [9.17, 15) is 8.42 Å². The van der Waals surface area contributed by atoms with Gasteiger partial charge in [-0.1, -0.05) is 0 Å². The second-order valence-electron chi connectivity index (χ2n) is 5.07. The molecule has 1 aromatic rings. The summed E-state index contributed by atoms with van der Waals surface area (Å²) in [4.78, 5) is 0.171. The van der Waals surface area contributed by atoms with E-state index in [0.29, 0.717) is 35.7 Å². The van der Waals surface area contributed by atoms with Crippen molar-refractivity contribution in [2.45, 2.75) is 23.8 Å². The molecule has 2 heterocycles. The number of halogens is 1. The molecule has 0 aliphatic carbocycles. The first-order chi connectivity index (χ1) is 10.1. The normalized spacial score (nSPS) is 21.5. The molecule has 2 aliphatic rings. The van der Waals surface area contributed by atoms with Gasteiger partial charge in [-0.3, -0.25) is 0 Å². The van der Waals surface area contributed by atoms with Crippen LogP contribution in [-0.4, -0.2) is 40.8 Å². The van der Waals surface area contributed by atoms with E-state index in [1.165, 1.54) is 6.07 Å². The minimum atomic E-state index is -3.58. The molecule has 1 unspecified atom stereocenters. The lowest BCUT2D eigenvalue weighted by molar-refractivity contribution is 0.171. The fourth-order valence-electron chi connectivity index (χ4n) is 2.47. The Hall–Kier alpha value is -0.830. The van der Waals surface area contributed by atoms with Gasteiger partial charge < -0.3 is 14.8 Å². The van der Waals surface area contributed by atoms with Crippen LogP contribution in [0.15, 0.2) is 21.5 Å². The number of nitrogens with one attached hydrogen (secondary N) is 2. The molecule has 1 saturated heterocycles. The van der Waals surface area contributed by atoms with Crippen LogP contribution in [0.3, 0.4) is 0 Å². The summed E-state index contributed by atoms with van der Waals surface area (Å²) < 4.78 is 38.9. The van der Waals surface area contributed by atoms with Crippen molar-refractivity contribution in [1.29, 1.82) is 0 Å². The molecule has 116 valence electrons. The highest BCUT2D eigenvalue weighted by Gasteiger charge is 2.24. The number of benzene rings is 1. The molecular weight excluding hydrogens is 360 g/mol. The summed E-state index contributed by atoms with van der Waals surface area (Å²) >= 11 is 3.29. The molecule has 6 nitrogen and oxygen atoms in total. The molecule has 1 fully saturated rings. The zero-order chi connectivity index (χ0) is 14.9. The van der Waals surface area contributed by atoms with Crippen molar-refractivity contribution in [3.63, 3.8) is 0 Å². The molecule has 1 atom stereocenters. The molecular formula is C13H17BrN2O4S. The maximum atomic E-state index is 12.4. The molecule has 3 rings (SSSR count). The number of hydrogen-bond donors (Lipinski definition) is 2. The van der Waals surface area contributed by atoms with Crippen molar-refractivity contribution in [1.82, 2.24) is 10.0 Å². The van der Waals surface area contributed by atoms with Crippen LogP contribution >= 0.6 is 15.9 Å². The first-order valence-electron chi connectivity index (χ1n) is 6.88. The molecule has 0 bridgehead atoms. The van der Waals surface area contributed by atoms with Crippen molar-refractivity contribution in [2.24, 2.45) is 0 Å². The minimum Gasteiger partial charge on any atom is -0.486 e. The van der Waals surface area contributed by atoms with Gasteiger partial charge in [-0.05, 0) is 41.4 Å². The quantitative estimate of drug-likeness (QED) is 0.826. The summed E-state index contributed by atoms with van der Waals surface area (Å²) in [5, 5.41) is 3.26. The van der Waals surface area contributed by atoms with E-state index in [0.717, 1.165) is 19.4 Å². The minimum absolute atomic E-state index is 0.171. The molecule has 0 amide bonds. The Balaban J connectivity index is 1.80. The van der Waals surface area contributed by atoms with Crippen LogP contribution in [-0.2, 0) is 10.0 Å². The third kappa shape index (κ3) is 3.33. The number of sulfonamides is 1. The molecule has 0 spiro atoms. The predicted octanol–water partition coefficient (Wildman–Crippen LogP) is 1.25. The van der Waals surface area contributed by atoms with Crippen LogP contribution in [0, 0.1) is 0 Å². The topological polar surface area (TPSA) is 76.7 Å². The molecule has 21 heavy (non-hydrogen) atoms. The standard InChI is InChI=1S/C13H17BrN2O4S/c14-10-6-11-12(20-5-4-19-11)7-13(10)21(17,18)16-8-9-2-1-3-15-9/h6-7,9,15-16H,1-5,8H2. The maximum absolute atomic E-state index is 12.4. The monoisotopic (exact) mass is 376 g/mol. The van der Waals surface area contributed by atoms with Gasteiger partial charge in [0.05, 0.1) is 0 Å². The second kappa shape index (κ2) is 6.12. The lowest BCUT2D eigenvalue weighted by Crippen LogP contribution is -2.37. The van der Waals surface area contributed by atoms with Crippen LogP contribution < -0.4 is 19.5 Å². The maximum Gasteiger partial charge on any atom is 0.241 e. The molecule has 8 heteroatoms. The number of ether oxygens (including phenoxy) is 2. The van der Waals surface area contributed by atoms with Crippen LogP contribution in [0.5, 0.6) is 11.5 Å². The molecule has 1 aromatic carbocycles. The van der Waals surface area contributed by atoms with Gasteiger partial charge in [0, 0.05) is 23.1 Å². The number of fused-ring (bicyclic) bond motifs is 1. The molecule has 0 radical (unpaired) electrons. The zero-order valence-corrected chi connectivity index (χ0v) is 13.8. The highest BCUT2D eigenvalue weighted by atomic mass is 79.9. The Morgan fingerprint density at radius 2 is 2.00 bits per heavy atom. The zero-order valence-electron chi connectivity index (χ0n) is 11.4. The first-order valence-corrected chi connectivity index (χ1v) is 9.16. The molecule has 2 aliphatic heterocycles.